The molecule has 3 fully saturated rings. The zero-order valence-corrected chi connectivity index (χ0v) is 12.5. The molecule has 0 spiro atoms. The van der Waals surface area contributed by atoms with Crippen molar-refractivity contribution in [3.63, 3.8) is 0 Å². The zero-order valence-electron chi connectivity index (χ0n) is 11.0. The lowest BCUT2D eigenvalue weighted by Crippen LogP contribution is -2.68. The van der Waals surface area contributed by atoms with Crippen LogP contribution in [-0.2, 0) is 9.53 Å². The van der Waals surface area contributed by atoms with Gasteiger partial charge in [0.25, 0.3) is 0 Å². The first-order valence-corrected chi connectivity index (χ1v) is 7.78. The molecule has 2 N–H and O–H groups in total. The summed E-state index contributed by atoms with van der Waals surface area (Å²) < 4.78 is 4.72. The summed E-state index contributed by atoms with van der Waals surface area (Å²) in [7, 11) is 0. The van der Waals surface area contributed by atoms with Gasteiger partial charge in [-0.1, -0.05) is 34.2 Å². The molecule has 0 aromatic rings. The Kier molecular flexibility index (Phi) is 2.40. The summed E-state index contributed by atoms with van der Waals surface area (Å²) in [6, 6.07) is 0. The summed E-state index contributed by atoms with van der Waals surface area (Å²) in [5.74, 6) is -0.0125. The Hall–Kier alpha value is -0.490. The highest BCUT2D eigenvalue weighted by Gasteiger charge is 2.84. The molecule has 2 bridgehead atoms. The second-order valence-electron chi connectivity index (χ2n) is 6.44. The molecule has 0 aromatic carbocycles. The van der Waals surface area contributed by atoms with Crippen LogP contribution in [-0.4, -0.2) is 44.7 Å². The molecule has 4 nitrogen and oxygen atoms in total. The maximum atomic E-state index is 13.1. The van der Waals surface area contributed by atoms with E-state index in [1.165, 1.54) is 0 Å². The van der Waals surface area contributed by atoms with E-state index in [1.807, 2.05) is 12.2 Å². The van der Waals surface area contributed by atoms with Gasteiger partial charge in [0.15, 0.2) is 11.4 Å². The summed E-state index contributed by atoms with van der Waals surface area (Å²) in [5.41, 5.74) is -1.81. The van der Waals surface area contributed by atoms with E-state index in [9.17, 15) is 15.0 Å². The molecule has 2 saturated carbocycles. The predicted molar refractivity (Wildman–Crippen MR) is 75.3 cm³/mol. The van der Waals surface area contributed by atoms with Gasteiger partial charge in [0.2, 0.25) is 0 Å². The molecular formula is C15H17BrO4. The quantitative estimate of drug-likeness (QED) is 0.456. The third-order valence-electron chi connectivity index (χ3n) is 5.91. The molecule has 1 aliphatic heterocycles. The molecule has 1 heterocycles. The van der Waals surface area contributed by atoms with Gasteiger partial charge in [0.05, 0.1) is 18.1 Å². The van der Waals surface area contributed by atoms with E-state index < -0.39 is 27.5 Å². The van der Waals surface area contributed by atoms with E-state index in [1.54, 1.807) is 6.08 Å². The number of rotatable bonds is 3. The van der Waals surface area contributed by atoms with Crippen LogP contribution in [0.4, 0.5) is 0 Å². The Labute approximate surface area is 125 Å². The summed E-state index contributed by atoms with van der Waals surface area (Å²) in [4.78, 5) is 13.1. The molecule has 0 radical (unpaired) electrons. The fourth-order valence-corrected chi connectivity index (χ4v) is 6.20. The van der Waals surface area contributed by atoms with Crippen LogP contribution < -0.4 is 0 Å². The lowest BCUT2D eigenvalue weighted by atomic mass is 9.56. The third-order valence-corrected chi connectivity index (χ3v) is 7.60. The number of fused-ring (bicyclic) bond motifs is 6. The molecule has 1 saturated heterocycles. The topological polar surface area (TPSA) is 70.1 Å². The van der Waals surface area contributed by atoms with Gasteiger partial charge in [-0.25, -0.2) is 0 Å². The van der Waals surface area contributed by atoms with Gasteiger partial charge >= 0.3 is 0 Å². The molecule has 4 rings (SSSR count). The van der Waals surface area contributed by atoms with Crippen molar-refractivity contribution in [2.24, 2.45) is 17.3 Å². The van der Waals surface area contributed by atoms with Crippen LogP contribution in [0.15, 0.2) is 24.8 Å². The first-order valence-electron chi connectivity index (χ1n) is 6.99. The van der Waals surface area contributed by atoms with Gasteiger partial charge < -0.3 is 14.9 Å². The summed E-state index contributed by atoms with van der Waals surface area (Å²) in [6.45, 7) is 3.47. The summed E-state index contributed by atoms with van der Waals surface area (Å²) >= 11 is 3.64. The second-order valence-corrected chi connectivity index (χ2v) is 7.69. The first kappa shape index (κ1) is 13.2. The second kappa shape index (κ2) is 3.64. The van der Waals surface area contributed by atoms with Crippen LogP contribution in [0.2, 0.25) is 0 Å². The lowest BCUT2D eigenvalue weighted by molar-refractivity contribution is -0.141. The van der Waals surface area contributed by atoms with E-state index in [2.05, 4.69) is 22.5 Å². The van der Waals surface area contributed by atoms with Crippen molar-refractivity contribution in [3.05, 3.63) is 24.8 Å². The molecule has 7 atom stereocenters. The molecule has 108 valence electrons. The van der Waals surface area contributed by atoms with Crippen LogP contribution in [0, 0.1) is 17.3 Å². The van der Waals surface area contributed by atoms with Crippen molar-refractivity contribution in [3.8, 4) is 0 Å². The highest BCUT2D eigenvalue weighted by Crippen LogP contribution is 2.71. The fraction of sp³-hybridized carbons (Fsp3) is 0.667. The SMILES string of the molecule is C=CC[C@@]12OC1[C@H](O)[C@@]1(CO)[C@H]3C=C[C@H](C3)[C@@]1(Br)C2=O. The molecule has 5 heteroatoms. The molecule has 4 aliphatic rings. The number of carbonyl (C=O) groups is 1. The fourth-order valence-electron chi connectivity index (χ4n) is 4.88. The van der Waals surface area contributed by atoms with E-state index >= 15 is 0 Å². The standard InChI is InChI=1S/C15H17BrO4/c1-2-5-14-11(20-14)10(18)13(7-17)8-3-4-9(6-8)15(13,16)12(14)19/h2-4,8-11,17-18H,1,5-7H2/t8-,9+,10-,11?,13+,14+,15+/m0/s1. The normalized spacial score (nSPS) is 58.5. The van der Waals surface area contributed by atoms with Gasteiger partial charge in [-0.05, 0) is 12.3 Å². The third kappa shape index (κ3) is 1.05. The number of epoxide rings is 1. The van der Waals surface area contributed by atoms with Crippen LogP contribution in [0.3, 0.4) is 0 Å². The summed E-state index contributed by atoms with van der Waals surface area (Å²) in [5, 5.41) is 20.8. The van der Waals surface area contributed by atoms with Gasteiger partial charge in [-0.3, -0.25) is 4.79 Å². The number of ketones is 1. The number of ether oxygens (including phenoxy) is 1. The lowest BCUT2D eigenvalue weighted by Gasteiger charge is -2.52. The number of alkyl halides is 1. The molecule has 20 heavy (non-hydrogen) atoms. The molecule has 3 aliphatic carbocycles. The Morgan fingerprint density at radius 3 is 2.85 bits per heavy atom. The molecule has 0 aromatic heterocycles. The van der Waals surface area contributed by atoms with Crippen LogP contribution in [0.1, 0.15) is 12.8 Å². The average Bonchev–Trinajstić information content (AvgIpc) is 2.86. The maximum absolute atomic E-state index is 13.1. The smallest absolute Gasteiger partial charge is 0.185 e. The number of aliphatic hydroxyl groups is 2. The number of aliphatic hydroxyl groups excluding tert-OH is 2. The number of carbonyl (C=O) groups excluding carboxylic acids is 1. The minimum Gasteiger partial charge on any atom is -0.396 e. The van der Waals surface area contributed by atoms with Crippen LogP contribution in [0.5, 0.6) is 0 Å². The maximum Gasteiger partial charge on any atom is 0.185 e. The van der Waals surface area contributed by atoms with Crippen molar-refractivity contribution in [1.29, 1.82) is 0 Å². The van der Waals surface area contributed by atoms with Crippen molar-refractivity contribution >= 4 is 21.7 Å². The van der Waals surface area contributed by atoms with Crippen molar-refractivity contribution in [2.75, 3.05) is 6.61 Å². The highest BCUT2D eigenvalue weighted by molar-refractivity contribution is 9.10. The van der Waals surface area contributed by atoms with Gasteiger partial charge in [0, 0.05) is 12.3 Å². The largest absolute Gasteiger partial charge is 0.396 e. The van der Waals surface area contributed by atoms with Crippen molar-refractivity contribution in [1.82, 2.24) is 0 Å². The van der Waals surface area contributed by atoms with E-state index in [-0.39, 0.29) is 24.2 Å². The minimum atomic E-state index is -0.943. The summed E-state index contributed by atoms with van der Waals surface area (Å²) in [6.07, 6.45) is 5.57. The highest BCUT2D eigenvalue weighted by atomic mass is 79.9. The Morgan fingerprint density at radius 2 is 2.20 bits per heavy atom. The predicted octanol–water partition coefficient (Wildman–Crippen LogP) is 0.962. The minimum absolute atomic E-state index is 0.00800. The number of hydrogen-bond acceptors (Lipinski definition) is 4. The van der Waals surface area contributed by atoms with Crippen LogP contribution in [0.25, 0.3) is 0 Å². The van der Waals surface area contributed by atoms with Gasteiger partial charge in [-0.2, -0.15) is 0 Å². The van der Waals surface area contributed by atoms with E-state index in [0.29, 0.717) is 6.42 Å². The first-order chi connectivity index (χ1) is 9.49. The number of hydrogen-bond donors (Lipinski definition) is 2. The van der Waals surface area contributed by atoms with Gasteiger partial charge in [-0.15, -0.1) is 6.58 Å². The number of halogens is 1. The molecule has 0 amide bonds. The average molecular weight is 341 g/mol. The Bertz CT molecular complexity index is 546. The van der Waals surface area contributed by atoms with Crippen molar-refractivity contribution in [2.45, 2.75) is 35.0 Å². The molecule has 1 unspecified atom stereocenters. The molecular weight excluding hydrogens is 324 g/mol. The monoisotopic (exact) mass is 340 g/mol. The van der Waals surface area contributed by atoms with Gasteiger partial charge in [0.1, 0.15) is 10.4 Å². The van der Waals surface area contributed by atoms with E-state index in [4.69, 9.17) is 4.74 Å². The zero-order chi connectivity index (χ0) is 14.3. The van der Waals surface area contributed by atoms with E-state index in [0.717, 1.165) is 6.42 Å². The van der Waals surface area contributed by atoms with Crippen molar-refractivity contribution < 1.29 is 19.7 Å². The number of Topliss-reactive ketones (excluding diaryl/α,β-unsaturated/α-hetero) is 1. The Balaban J connectivity index is 1.90. The van der Waals surface area contributed by atoms with Crippen LogP contribution >= 0.6 is 15.9 Å². The number of allylic oxidation sites excluding steroid dienone is 2. The Morgan fingerprint density at radius 1 is 1.50 bits per heavy atom.